The lowest BCUT2D eigenvalue weighted by atomic mass is 9.89. The first-order valence-electron chi connectivity index (χ1n) is 13.9. The Hall–Kier alpha value is -2.88. The molecule has 2 aliphatic carbocycles. The Labute approximate surface area is 227 Å². The fourth-order valence-corrected chi connectivity index (χ4v) is 5.60. The predicted octanol–water partition coefficient (Wildman–Crippen LogP) is 5.30. The number of allylic oxidation sites excluding steroid dienone is 2. The van der Waals surface area contributed by atoms with Gasteiger partial charge in [-0.3, -0.25) is 4.79 Å². The Morgan fingerprint density at radius 1 is 1.21 bits per heavy atom. The van der Waals surface area contributed by atoms with Crippen LogP contribution in [0.4, 0.5) is 0 Å². The lowest BCUT2D eigenvalue weighted by Gasteiger charge is -2.19. The molecule has 0 aliphatic heterocycles. The van der Waals surface area contributed by atoms with E-state index in [1.54, 1.807) is 38.1 Å². The van der Waals surface area contributed by atoms with Gasteiger partial charge in [0.15, 0.2) is 0 Å². The second kappa shape index (κ2) is 14.9. The van der Waals surface area contributed by atoms with Crippen LogP contribution < -0.4 is 0 Å². The van der Waals surface area contributed by atoms with Gasteiger partial charge in [-0.05, 0) is 63.7 Å². The molecule has 2 aliphatic rings. The number of unbranched alkanes of at least 4 members (excludes halogenated alkanes) is 1. The quantitative estimate of drug-likeness (QED) is 0.167. The van der Waals surface area contributed by atoms with Gasteiger partial charge >= 0.3 is 11.9 Å². The maximum Gasteiger partial charge on any atom is 0.352 e. The zero-order valence-electron chi connectivity index (χ0n) is 22.8. The molecule has 7 atom stereocenters. The molecule has 6 heteroatoms. The molecule has 2 fully saturated rings. The largest absolute Gasteiger partial charge is 0.463 e. The van der Waals surface area contributed by atoms with Crippen LogP contribution in [-0.4, -0.2) is 41.0 Å². The third kappa shape index (κ3) is 8.31. The minimum atomic E-state index is -1.05. The summed E-state index contributed by atoms with van der Waals surface area (Å²) in [6.45, 7) is 5.73. The van der Waals surface area contributed by atoms with Crippen LogP contribution >= 0.6 is 0 Å². The molecule has 0 spiro atoms. The lowest BCUT2D eigenvalue weighted by Crippen LogP contribution is -2.22. The molecule has 3 rings (SSSR count). The van der Waals surface area contributed by atoms with E-state index < -0.39 is 24.1 Å². The summed E-state index contributed by atoms with van der Waals surface area (Å²) >= 11 is 0. The van der Waals surface area contributed by atoms with E-state index in [1.807, 2.05) is 25.1 Å². The van der Waals surface area contributed by atoms with Gasteiger partial charge in [-0.15, -0.1) is 11.8 Å². The number of carbonyl (C=O) groups excluding carboxylic acids is 2. The van der Waals surface area contributed by atoms with E-state index in [0.29, 0.717) is 30.2 Å². The van der Waals surface area contributed by atoms with Crippen LogP contribution in [0, 0.1) is 35.5 Å². The first kappa shape index (κ1) is 29.7. The van der Waals surface area contributed by atoms with Crippen LogP contribution in [0.5, 0.6) is 0 Å². The number of hydrogen-bond acceptors (Lipinski definition) is 6. The highest BCUT2D eigenvalue weighted by Crippen LogP contribution is 2.50. The summed E-state index contributed by atoms with van der Waals surface area (Å²) in [5.41, 5.74) is 1.97. The van der Waals surface area contributed by atoms with E-state index >= 15 is 0 Å². The van der Waals surface area contributed by atoms with Crippen LogP contribution in [0.2, 0.25) is 0 Å². The van der Waals surface area contributed by atoms with Crippen molar-refractivity contribution in [2.75, 3.05) is 6.61 Å². The van der Waals surface area contributed by atoms with Gasteiger partial charge in [0.05, 0.1) is 18.8 Å². The van der Waals surface area contributed by atoms with Gasteiger partial charge in [0.2, 0.25) is 6.10 Å². The molecule has 1 unspecified atom stereocenters. The maximum atomic E-state index is 12.5. The molecule has 206 valence electrons. The second-order valence-corrected chi connectivity index (χ2v) is 10.5. The number of fused-ring (bicyclic) bond motifs is 1. The molecule has 0 amide bonds. The molecule has 2 saturated carbocycles. The Kier molecular flexibility index (Phi) is 11.6. The van der Waals surface area contributed by atoms with Crippen molar-refractivity contribution in [1.29, 1.82) is 0 Å². The van der Waals surface area contributed by atoms with E-state index in [0.717, 1.165) is 25.7 Å². The van der Waals surface area contributed by atoms with Gasteiger partial charge in [0.1, 0.15) is 0 Å². The summed E-state index contributed by atoms with van der Waals surface area (Å²) in [5, 5.41) is 21.1. The zero-order valence-corrected chi connectivity index (χ0v) is 22.8. The number of ether oxygens (including phenoxy) is 2. The van der Waals surface area contributed by atoms with Crippen molar-refractivity contribution < 1.29 is 29.3 Å². The zero-order chi connectivity index (χ0) is 27.5. The van der Waals surface area contributed by atoms with E-state index in [2.05, 4.69) is 17.9 Å². The van der Waals surface area contributed by atoms with Crippen molar-refractivity contribution in [2.45, 2.75) is 84.0 Å². The first-order chi connectivity index (χ1) is 18.3. The Morgan fingerprint density at radius 2 is 1.97 bits per heavy atom. The van der Waals surface area contributed by atoms with Crippen molar-refractivity contribution in [3.63, 3.8) is 0 Å². The number of hydrogen-bond donors (Lipinski definition) is 2. The third-order valence-electron chi connectivity index (χ3n) is 7.70. The summed E-state index contributed by atoms with van der Waals surface area (Å²) in [7, 11) is 0. The van der Waals surface area contributed by atoms with Crippen LogP contribution in [-0.2, 0) is 19.1 Å². The predicted molar refractivity (Wildman–Crippen MR) is 147 cm³/mol. The van der Waals surface area contributed by atoms with Crippen molar-refractivity contribution in [2.24, 2.45) is 23.7 Å². The van der Waals surface area contributed by atoms with Gasteiger partial charge in [-0.1, -0.05) is 61.1 Å². The third-order valence-corrected chi connectivity index (χ3v) is 7.70. The van der Waals surface area contributed by atoms with Crippen LogP contribution in [0.15, 0.2) is 54.1 Å². The first-order valence-corrected chi connectivity index (χ1v) is 13.9. The fraction of sp³-hybridized carbons (Fsp3) is 0.562. The van der Waals surface area contributed by atoms with Crippen molar-refractivity contribution in [3.05, 3.63) is 59.7 Å². The highest BCUT2D eigenvalue weighted by molar-refractivity contribution is 5.80. The molecule has 1 aromatic rings. The molecule has 1 aromatic carbocycles. The number of benzene rings is 1. The topological polar surface area (TPSA) is 93.1 Å². The van der Waals surface area contributed by atoms with Gasteiger partial charge in [0, 0.05) is 24.3 Å². The van der Waals surface area contributed by atoms with Gasteiger partial charge in [-0.2, -0.15) is 0 Å². The smallest absolute Gasteiger partial charge is 0.352 e. The van der Waals surface area contributed by atoms with Crippen LogP contribution in [0.3, 0.4) is 0 Å². The lowest BCUT2D eigenvalue weighted by molar-refractivity contribution is -0.168. The number of aliphatic hydroxyl groups is 2. The molecule has 6 nitrogen and oxygen atoms in total. The maximum absolute atomic E-state index is 12.5. The average Bonchev–Trinajstić information content (AvgIpc) is 3.43. The minimum absolute atomic E-state index is 0.0535. The highest BCUT2D eigenvalue weighted by Gasteiger charge is 2.45. The van der Waals surface area contributed by atoms with Gasteiger partial charge < -0.3 is 19.7 Å². The molecule has 0 heterocycles. The Balaban J connectivity index is 1.47. The average molecular weight is 523 g/mol. The van der Waals surface area contributed by atoms with Crippen LogP contribution in [0.1, 0.15) is 77.4 Å². The Morgan fingerprint density at radius 3 is 2.68 bits per heavy atom. The summed E-state index contributed by atoms with van der Waals surface area (Å²) in [6, 6.07) is 8.92. The summed E-state index contributed by atoms with van der Waals surface area (Å²) in [5.74, 6) is 5.85. The molecule has 2 N–H and O–H groups in total. The fourth-order valence-electron chi connectivity index (χ4n) is 5.60. The van der Waals surface area contributed by atoms with Crippen molar-refractivity contribution >= 4 is 11.9 Å². The van der Waals surface area contributed by atoms with E-state index in [9.17, 15) is 19.8 Å². The molecular weight excluding hydrogens is 480 g/mol. The van der Waals surface area contributed by atoms with Crippen molar-refractivity contribution in [1.82, 2.24) is 0 Å². The second-order valence-electron chi connectivity index (χ2n) is 10.5. The number of carbonyl (C=O) groups is 2. The number of esters is 2. The summed E-state index contributed by atoms with van der Waals surface area (Å²) < 4.78 is 10.6. The summed E-state index contributed by atoms with van der Waals surface area (Å²) in [6.07, 6.45) is 9.06. The monoisotopic (exact) mass is 522 g/mol. The summed E-state index contributed by atoms with van der Waals surface area (Å²) in [4.78, 5) is 24.8. The van der Waals surface area contributed by atoms with Gasteiger partial charge in [0.25, 0.3) is 0 Å². The highest BCUT2D eigenvalue weighted by atomic mass is 16.6. The minimum Gasteiger partial charge on any atom is -0.463 e. The molecule has 0 radical (unpaired) electrons. The normalized spacial score (nSPS) is 25.9. The number of aliphatic hydroxyl groups excluding tert-OH is 2. The Bertz CT molecular complexity index is 1030. The van der Waals surface area contributed by atoms with E-state index in [4.69, 9.17) is 9.47 Å². The SMILES string of the molecule is CC#CCC(C)[C@H](O)C=C[C@@H]1[C@H]2CC(=CCCCC(=O)O[C@H](C(=O)OCC)c3ccccc3)C[C@H]2C[C@H]1O. The van der Waals surface area contributed by atoms with Gasteiger partial charge in [-0.25, -0.2) is 4.79 Å². The molecular formula is C32H42O6. The van der Waals surface area contributed by atoms with Crippen LogP contribution in [0.25, 0.3) is 0 Å². The van der Waals surface area contributed by atoms with E-state index in [-0.39, 0.29) is 31.0 Å². The molecule has 38 heavy (non-hydrogen) atoms. The van der Waals surface area contributed by atoms with E-state index in [1.165, 1.54) is 5.57 Å². The molecule has 0 aromatic heterocycles. The number of rotatable bonds is 12. The molecule has 0 saturated heterocycles. The van der Waals surface area contributed by atoms with Crippen molar-refractivity contribution in [3.8, 4) is 11.8 Å². The standard InChI is InChI=1S/C32H42O6/c1-4-6-12-22(3)28(33)18-17-26-27-20-23(19-25(27)21-29(26)34)13-10-11-16-30(35)38-31(32(36)37-5-2)24-14-8-7-9-15-24/h7-9,13-15,17-18,22,25-29,31,33-34H,5,10-12,16,19-21H2,1-3H3/t22?,25-,26+,27-,28+,29+,31-/m0/s1. The molecule has 0 bridgehead atoms.